The lowest BCUT2D eigenvalue weighted by Gasteiger charge is -2.15. The summed E-state index contributed by atoms with van der Waals surface area (Å²) in [5, 5.41) is 11.4. The van der Waals surface area contributed by atoms with Crippen molar-refractivity contribution in [2.75, 3.05) is 5.32 Å². The van der Waals surface area contributed by atoms with Crippen molar-refractivity contribution in [1.29, 1.82) is 5.26 Å². The van der Waals surface area contributed by atoms with Crippen molar-refractivity contribution in [3.63, 3.8) is 0 Å². The van der Waals surface area contributed by atoms with Gasteiger partial charge in [-0.2, -0.15) is 5.26 Å². The third kappa shape index (κ3) is 3.64. The molecule has 0 aliphatic carbocycles. The van der Waals surface area contributed by atoms with Gasteiger partial charge in [0, 0.05) is 5.69 Å². The third-order valence-electron chi connectivity index (χ3n) is 3.37. The van der Waals surface area contributed by atoms with Gasteiger partial charge in [0.05, 0.1) is 5.69 Å². The fourth-order valence-electron chi connectivity index (χ4n) is 2.24. The van der Waals surface area contributed by atoms with Crippen molar-refractivity contribution in [2.45, 2.75) is 26.3 Å². The van der Waals surface area contributed by atoms with Crippen molar-refractivity contribution in [3.8, 4) is 6.07 Å². The Morgan fingerprint density at radius 1 is 1.30 bits per heavy atom. The van der Waals surface area contributed by atoms with Crippen molar-refractivity contribution in [1.82, 2.24) is 4.57 Å². The molecular weight excluding hydrogens is 297 g/mol. The number of nitrogens with one attached hydrogen (secondary N) is 1. The van der Waals surface area contributed by atoms with E-state index in [1.54, 1.807) is 12.1 Å². The van der Waals surface area contributed by atoms with Crippen LogP contribution in [0.3, 0.4) is 0 Å². The van der Waals surface area contributed by atoms with Gasteiger partial charge in [0.2, 0.25) is 5.91 Å². The van der Waals surface area contributed by atoms with Crippen LogP contribution in [0.25, 0.3) is 0 Å². The van der Waals surface area contributed by atoms with E-state index >= 15 is 0 Å². The predicted octanol–water partition coefficient (Wildman–Crippen LogP) is 2.62. The zero-order chi connectivity index (χ0) is 17.0. The first-order chi connectivity index (χ1) is 10.9. The summed E-state index contributed by atoms with van der Waals surface area (Å²) in [6, 6.07) is 10.7. The molecule has 1 heterocycles. The molecule has 1 N–H and O–H groups in total. The van der Waals surface area contributed by atoms with E-state index < -0.39 is 17.3 Å². The molecule has 2 rings (SSSR count). The second kappa shape index (κ2) is 6.88. The Bertz CT molecular complexity index is 834. The molecule has 5 nitrogen and oxygen atoms in total. The van der Waals surface area contributed by atoms with Crippen LogP contribution in [0.15, 0.2) is 41.2 Å². The van der Waals surface area contributed by atoms with Gasteiger partial charge < -0.3 is 9.88 Å². The van der Waals surface area contributed by atoms with Gasteiger partial charge in [-0.25, -0.2) is 4.39 Å². The maximum absolute atomic E-state index is 13.6. The number of carbonyl (C=O) groups excluding carboxylic acids is 1. The van der Waals surface area contributed by atoms with Crippen LogP contribution in [0.2, 0.25) is 0 Å². The number of carbonyl (C=O) groups is 1. The molecule has 0 bridgehead atoms. The number of para-hydroxylation sites is 1. The van der Waals surface area contributed by atoms with Crippen LogP contribution in [0, 0.1) is 17.1 Å². The smallest absolute Gasteiger partial charge is 0.269 e. The fourth-order valence-corrected chi connectivity index (χ4v) is 2.24. The van der Waals surface area contributed by atoms with Crippen LogP contribution < -0.4 is 10.9 Å². The zero-order valence-electron chi connectivity index (χ0n) is 12.8. The van der Waals surface area contributed by atoms with Crippen LogP contribution >= 0.6 is 0 Å². The fraction of sp³-hybridized carbons (Fsp3) is 0.235. The Hall–Kier alpha value is -2.94. The second-order valence-electron chi connectivity index (χ2n) is 5.36. The van der Waals surface area contributed by atoms with Crippen LogP contribution in [-0.4, -0.2) is 10.5 Å². The highest BCUT2D eigenvalue weighted by atomic mass is 19.1. The third-order valence-corrected chi connectivity index (χ3v) is 3.37. The van der Waals surface area contributed by atoms with Crippen LogP contribution in [0.4, 0.5) is 10.1 Å². The van der Waals surface area contributed by atoms with Gasteiger partial charge in [0.15, 0.2) is 0 Å². The van der Waals surface area contributed by atoms with Gasteiger partial charge in [-0.1, -0.05) is 26.0 Å². The molecule has 1 amide bonds. The normalized spacial score (nSPS) is 10.4. The highest BCUT2D eigenvalue weighted by Gasteiger charge is 2.15. The standard InChI is InChI=1S/C17H16FN3O2/c1-11(2)15-8-7-12(9-19)17(23)21(15)10-16(22)20-14-6-4-3-5-13(14)18/h3-8,11H,10H2,1-2H3,(H,20,22). The van der Waals surface area contributed by atoms with Crippen molar-refractivity contribution in [2.24, 2.45) is 0 Å². The summed E-state index contributed by atoms with van der Waals surface area (Å²) < 4.78 is 14.8. The molecular formula is C17H16FN3O2. The number of nitrogens with zero attached hydrogens (tertiary/aromatic N) is 2. The van der Waals surface area contributed by atoms with Gasteiger partial charge in [0.25, 0.3) is 5.56 Å². The average molecular weight is 313 g/mol. The molecule has 6 heteroatoms. The minimum atomic E-state index is -0.553. The van der Waals surface area contributed by atoms with E-state index in [4.69, 9.17) is 5.26 Å². The lowest BCUT2D eigenvalue weighted by molar-refractivity contribution is -0.116. The molecule has 118 valence electrons. The number of amides is 1. The molecule has 1 aromatic carbocycles. The van der Waals surface area contributed by atoms with Crippen molar-refractivity contribution in [3.05, 3.63) is 63.8 Å². The van der Waals surface area contributed by atoms with Gasteiger partial charge in [0.1, 0.15) is 24.0 Å². The molecule has 23 heavy (non-hydrogen) atoms. The molecule has 0 saturated heterocycles. The first kappa shape index (κ1) is 16.4. The topological polar surface area (TPSA) is 74.9 Å². The first-order valence-corrected chi connectivity index (χ1v) is 7.12. The Balaban J connectivity index is 2.32. The Morgan fingerprint density at radius 3 is 2.61 bits per heavy atom. The lowest BCUT2D eigenvalue weighted by atomic mass is 10.1. The molecule has 0 radical (unpaired) electrons. The van der Waals surface area contributed by atoms with Crippen LogP contribution in [0.1, 0.15) is 31.0 Å². The van der Waals surface area contributed by atoms with E-state index in [0.29, 0.717) is 5.69 Å². The molecule has 0 atom stereocenters. The van der Waals surface area contributed by atoms with E-state index in [-0.39, 0.29) is 23.7 Å². The van der Waals surface area contributed by atoms with Crippen molar-refractivity contribution >= 4 is 11.6 Å². The van der Waals surface area contributed by atoms with E-state index in [2.05, 4.69) is 5.32 Å². The Labute approximate surface area is 133 Å². The lowest BCUT2D eigenvalue weighted by Crippen LogP contribution is -2.31. The zero-order valence-corrected chi connectivity index (χ0v) is 12.8. The summed E-state index contributed by atoms with van der Waals surface area (Å²) in [4.78, 5) is 24.4. The second-order valence-corrected chi connectivity index (χ2v) is 5.36. The molecule has 1 aromatic heterocycles. The van der Waals surface area contributed by atoms with E-state index in [1.807, 2.05) is 19.9 Å². The summed E-state index contributed by atoms with van der Waals surface area (Å²) in [7, 11) is 0. The summed E-state index contributed by atoms with van der Waals surface area (Å²) in [6.07, 6.45) is 0. The number of anilines is 1. The first-order valence-electron chi connectivity index (χ1n) is 7.12. The SMILES string of the molecule is CC(C)c1ccc(C#N)c(=O)n1CC(=O)Nc1ccccc1F. The molecule has 0 aliphatic rings. The quantitative estimate of drug-likeness (QED) is 0.943. The summed E-state index contributed by atoms with van der Waals surface area (Å²) >= 11 is 0. The highest BCUT2D eigenvalue weighted by Crippen LogP contribution is 2.15. The van der Waals surface area contributed by atoms with Gasteiger partial charge in [-0.15, -0.1) is 0 Å². The average Bonchev–Trinajstić information content (AvgIpc) is 2.51. The van der Waals surface area contributed by atoms with Crippen LogP contribution in [-0.2, 0) is 11.3 Å². The van der Waals surface area contributed by atoms with E-state index in [0.717, 1.165) is 0 Å². The Morgan fingerprint density at radius 2 is 2.00 bits per heavy atom. The molecule has 0 saturated carbocycles. The maximum Gasteiger partial charge on any atom is 0.269 e. The van der Waals surface area contributed by atoms with Crippen LogP contribution in [0.5, 0.6) is 0 Å². The highest BCUT2D eigenvalue weighted by molar-refractivity contribution is 5.90. The predicted molar refractivity (Wildman–Crippen MR) is 84.5 cm³/mol. The molecule has 0 unspecified atom stereocenters. The number of halogens is 1. The number of rotatable bonds is 4. The summed E-state index contributed by atoms with van der Waals surface area (Å²) in [5.74, 6) is -1.09. The number of aromatic nitrogens is 1. The number of pyridine rings is 1. The summed E-state index contributed by atoms with van der Waals surface area (Å²) in [6.45, 7) is 3.48. The largest absolute Gasteiger partial charge is 0.322 e. The van der Waals surface area contributed by atoms with Crippen molar-refractivity contribution < 1.29 is 9.18 Å². The van der Waals surface area contributed by atoms with Gasteiger partial charge in [-0.3, -0.25) is 9.59 Å². The molecule has 0 spiro atoms. The minimum absolute atomic E-state index is 0.00305. The monoisotopic (exact) mass is 313 g/mol. The number of benzene rings is 1. The maximum atomic E-state index is 13.6. The summed E-state index contributed by atoms with van der Waals surface area (Å²) in [5.41, 5.74) is 0.126. The molecule has 0 aliphatic heterocycles. The van der Waals surface area contributed by atoms with Gasteiger partial charge in [-0.05, 0) is 30.2 Å². The number of hydrogen-bond acceptors (Lipinski definition) is 3. The van der Waals surface area contributed by atoms with Gasteiger partial charge >= 0.3 is 0 Å². The number of nitriles is 1. The number of hydrogen-bond donors (Lipinski definition) is 1. The molecule has 2 aromatic rings. The Kier molecular flexibility index (Phi) is 4.91. The van der Waals surface area contributed by atoms with E-state index in [9.17, 15) is 14.0 Å². The minimum Gasteiger partial charge on any atom is -0.322 e. The molecule has 0 fully saturated rings. The van der Waals surface area contributed by atoms with E-state index in [1.165, 1.54) is 28.8 Å².